The lowest BCUT2D eigenvalue weighted by molar-refractivity contribution is 0.0597. The van der Waals surface area contributed by atoms with Crippen molar-refractivity contribution in [2.75, 3.05) is 20.8 Å². The van der Waals surface area contributed by atoms with Crippen LogP contribution in [0.2, 0.25) is 0 Å². The lowest BCUT2D eigenvalue weighted by atomic mass is 9.88. The van der Waals surface area contributed by atoms with Gasteiger partial charge in [-0.1, -0.05) is 50.4 Å². The van der Waals surface area contributed by atoms with Crippen molar-refractivity contribution in [3.63, 3.8) is 0 Å². The average molecular weight is 384 g/mol. The summed E-state index contributed by atoms with van der Waals surface area (Å²) >= 11 is 0. The second-order valence-electron chi connectivity index (χ2n) is 7.96. The molecule has 0 bridgehead atoms. The van der Waals surface area contributed by atoms with Crippen LogP contribution < -0.4 is 4.74 Å². The highest BCUT2D eigenvalue weighted by molar-refractivity contribution is 5.92. The Morgan fingerprint density at radius 1 is 1.00 bits per heavy atom. The minimum absolute atomic E-state index is 0.397. The lowest BCUT2D eigenvalue weighted by Crippen LogP contribution is -2.45. The lowest BCUT2D eigenvalue weighted by Gasteiger charge is -2.40. The van der Waals surface area contributed by atoms with E-state index in [1.807, 2.05) is 6.07 Å². The summed E-state index contributed by atoms with van der Waals surface area (Å²) in [5.74, 6) is 6.79. The molecule has 2 aliphatic carbocycles. The summed E-state index contributed by atoms with van der Waals surface area (Å²) in [6.07, 6.45) is 13.4. The molecule has 2 fully saturated rings. The maximum atomic E-state index is 12.0. The number of carbonyl (C=O) groups is 1. The smallest absolute Gasteiger partial charge is 0.341 e. The van der Waals surface area contributed by atoms with Gasteiger partial charge in [0.15, 0.2) is 0 Å². The summed E-state index contributed by atoms with van der Waals surface area (Å²) in [7, 11) is 2.94. The van der Waals surface area contributed by atoms with Crippen molar-refractivity contribution < 1.29 is 14.3 Å². The summed E-state index contributed by atoms with van der Waals surface area (Å²) < 4.78 is 10.1. The number of benzene rings is 1. The van der Waals surface area contributed by atoms with E-state index in [0.29, 0.717) is 23.4 Å². The summed E-state index contributed by atoms with van der Waals surface area (Å²) in [4.78, 5) is 14.7. The van der Waals surface area contributed by atoms with E-state index in [1.54, 1.807) is 19.2 Å². The van der Waals surface area contributed by atoms with Gasteiger partial charge in [-0.05, 0) is 43.9 Å². The third-order valence-corrected chi connectivity index (χ3v) is 6.19. The first-order valence-corrected chi connectivity index (χ1v) is 10.7. The van der Waals surface area contributed by atoms with Gasteiger partial charge in [-0.15, -0.1) is 0 Å². The van der Waals surface area contributed by atoms with Gasteiger partial charge in [0.25, 0.3) is 0 Å². The highest BCUT2D eigenvalue weighted by Gasteiger charge is 2.28. The Bertz CT molecular complexity index is 688. The summed E-state index contributed by atoms with van der Waals surface area (Å²) in [5, 5.41) is 0. The molecule has 28 heavy (non-hydrogen) atoms. The van der Waals surface area contributed by atoms with Crippen LogP contribution in [0, 0.1) is 11.8 Å². The molecule has 1 aromatic rings. The van der Waals surface area contributed by atoms with Crippen LogP contribution in [0.4, 0.5) is 0 Å². The van der Waals surface area contributed by atoms with Crippen LogP contribution in [-0.2, 0) is 4.74 Å². The maximum absolute atomic E-state index is 12.0. The Morgan fingerprint density at radius 3 is 2.14 bits per heavy atom. The molecule has 0 aliphatic heterocycles. The largest absolute Gasteiger partial charge is 0.496 e. The zero-order valence-electron chi connectivity index (χ0n) is 17.3. The van der Waals surface area contributed by atoms with Crippen molar-refractivity contribution in [1.29, 1.82) is 0 Å². The number of carbonyl (C=O) groups excluding carboxylic acids is 1. The molecule has 0 N–H and O–H groups in total. The maximum Gasteiger partial charge on any atom is 0.341 e. The fourth-order valence-corrected chi connectivity index (χ4v) is 4.67. The molecular formula is C24H33NO3. The van der Waals surface area contributed by atoms with Crippen LogP contribution in [0.1, 0.15) is 80.1 Å². The third-order valence-electron chi connectivity index (χ3n) is 6.19. The minimum Gasteiger partial charge on any atom is -0.496 e. The molecule has 0 spiro atoms. The van der Waals surface area contributed by atoms with Gasteiger partial charge in [0.05, 0.1) is 20.8 Å². The summed E-state index contributed by atoms with van der Waals surface area (Å²) in [6.45, 7) is 0.814. The molecule has 3 rings (SSSR count). The van der Waals surface area contributed by atoms with E-state index in [0.717, 1.165) is 12.1 Å². The first-order chi connectivity index (χ1) is 13.7. The molecule has 0 heterocycles. The van der Waals surface area contributed by atoms with Crippen LogP contribution in [-0.4, -0.2) is 43.7 Å². The monoisotopic (exact) mass is 383 g/mol. The van der Waals surface area contributed by atoms with Crippen LogP contribution in [0.3, 0.4) is 0 Å². The number of hydrogen-bond donors (Lipinski definition) is 0. The Labute approximate surface area is 169 Å². The predicted molar refractivity (Wildman–Crippen MR) is 112 cm³/mol. The van der Waals surface area contributed by atoms with Crippen molar-refractivity contribution in [2.45, 2.75) is 76.3 Å². The van der Waals surface area contributed by atoms with E-state index < -0.39 is 5.97 Å². The number of hydrogen-bond acceptors (Lipinski definition) is 4. The Balaban J connectivity index is 1.74. The van der Waals surface area contributed by atoms with Crippen molar-refractivity contribution in [1.82, 2.24) is 4.90 Å². The Morgan fingerprint density at radius 2 is 1.61 bits per heavy atom. The van der Waals surface area contributed by atoms with Crippen molar-refractivity contribution >= 4 is 5.97 Å². The van der Waals surface area contributed by atoms with E-state index in [1.165, 1.54) is 71.3 Å². The SMILES string of the molecule is COC(=O)c1cc(C#CCN(C2CCCCC2)C2CCCCC2)ccc1OC. The summed E-state index contributed by atoms with van der Waals surface area (Å²) in [6, 6.07) is 6.84. The topological polar surface area (TPSA) is 38.8 Å². The van der Waals surface area contributed by atoms with E-state index in [4.69, 9.17) is 9.47 Å². The molecule has 1 aromatic carbocycles. The van der Waals surface area contributed by atoms with Gasteiger partial charge in [0, 0.05) is 17.6 Å². The van der Waals surface area contributed by atoms with Crippen molar-refractivity contribution in [3.8, 4) is 17.6 Å². The van der Waals surface area contributed by atoms with E-state index >= 15 is 0 Å². The number of methoxy groups -OCH3 is 2. The third kappa shape index (κ3) is 5.29. The second-order valence-corrected chi connectivity index (χ2v) is 7.96. The fraction of sp³-hybridized carbons (Fsp3) is 0.625. The van der Waals surface area contributed by atoms with E-state index in [-0.39, 0.29) is 0 Å². The zero-order valence-corrected chi connectivity index (χ0v) is 17.3. The van der Waals surface area contributed by atoms with Crippen LogP contribution in [0.15, 0.2) is 18.2 Å². The molecular weight excluding hydrogens is 350 g/mol. The Hall–Kier alpha value is -1.99. The van der Waals surface area contributed by atoms with E-state index in [2.05, 4.69) is 16.7 Å². The molecule has 152 valence electrons. The molecule has 0 unspecified atom stereocenters. The fourth-order valence-electron chi connectivity index (χ4n) is 4.67. The molecule has 0 amide bonds. The average Bonchev–Trinajstić information content (AvgIpc) is 2.77. The molecule has 0 radical (unpaired) electrons. The highest BCUT2D eigenvalue weighted by Crippen LogP contribution is 2.29. The number of rotatable bonds is 5. The first-order valence-electron chi connectivity index (χ1n) is 10.7. The molecule has 2 aliphatic rings. The number of nitrogens with zero attached hydrogens (tertiary/aromatic N) is 1. The number of esters is 1. The van der Waals surface area contributed by atoms with E-state index in [9.17, 15) is 4.79 Å². The van der Waals surface area contributed by atoms with Gasteiger partial charge < -0.3 is 9.47 Å². The predicted octanol–water partition coefficient (Wildman–Crippen LogP) is 4.80. The molecule has 4 heteroatoms. The van der Waals surface area contributed by atoms with Crippen LogP contribution >= 0.6 is 0 Å². The molecule has 4 nitrogen and oxygen atoms in total. The van der Waals surface area contributed by atoms with Gasteiger partial charge in [-0.3, -0.25) is 4.90 Å². The van der Waals surface area contributed by atoms with Crippen LogP contribution in [0.25, 0.3) is 0 Å². The molecule has 0 atom stereocenters. The standard InChI is InChI=1S/C24H33NO3/c1-27-23-16-15-19(18-22(23)24(26)28-2)10-9-17-25(20-11-5-3-6-12-20)21-13-7-4-8-14-21/h15-16,18,20-21H,3-8,11-14,17H2,1-2H3. The normalized spacial score (nSPS) is 18.4. The van der Waals surface area contributed by atoms with Crippen molar-refractivity contribution in [3.05, 3.63) is 29.3 Å². The first kappa shape index (κ1) is 20.7. The van der Waals surface area contributed by atoms with Crippen molar-refractivity contribution in [2.24, 2.45) is 0 Å². The van der Waals surface area contributed by atoms with Gasteiger partial charge in [-0.25, -0.2) is 4.79 Å². The van der Waals surface area contributed by atoms with Gasteiger partial charge in [0.1, 0.15) is 11.3 Å². The minimum atomic E-state index is -0.397. The molecule has 0 aromatic heterocycles. The van der Waals surface area contributed by atoms with Gasteiger partial charge in [-0.2, -0.15) is 0 Å². The quantitative estimate of drug-likeness (QED) is 0.541. The van der Waals surface area contributed by atoms with Gasteiger partial charge >= 0.3 is 5.97 Å². The number of ether oxygens (including phenoxy) is 2. The zero-order chi connectivity index (χ0) is 19.8. The highest BCUT2D eigenvalue weighted by atomic mass is 16.5. The summed E-state index contributed by atoms with van der Waals surface area (Å²) in [5.41, 5.74) is 1.25. The second kappa shape index (κ2) is 10.5. The Kier molecular flexibility index (Phi) is 7.80. The molecule has 0 saturated heterocycles. The molecule has 2 saturated carbocycles. The van der Waals surface area contributed by atoms with Crippen LogP contribution in [0.5, 0.6) is 5.75 Å². The van der Waals surface area contributed by atoms with Gasteiger partial charge in [0.2, 0.25) is 0 Å².